The molecule has 1 amide bonds. The number of ether oxygens (including phenoxy) is 1. The Hall–Kier alpha value is -1.55. The number of aliphatic hydroxyl groups is 1. The Labute approximate surface area is 114 Å². The maximum atomic E-state index is 11.6. The van der Waals surface area contributed by atoms with Crippen LogP contribution in [0.3, 0.4) is 0 Å². The molecule has 0 fully saturated rings. The molecule has 19 heavy (non-hydrogen) atoms. The van der Waals surface area contributed by atoms with Gasteiger partial charge in [0.1, 0.15) is 5.75 Å². The molecule has 0 radical (unpaired) electrons. The summed E-state index contributed by atoms with van der Waals surface area (Å²) in [6.07, 6.45) is 0.693. The van der Waals surface area contributed by atoms with Gasteiger partial charge in [0, 0.05) is 13.2 Å². The highest BCUT2D eigenvalue weighted by atomic mass is 16.5. The number of hydrogen-bond donors (Lipinski definition) is 2. The second kappa shape index (κ2) is 7.79. The number of rotatable bonds is 7. The Balaban J connectivity index is 2.35. The largest absolute Gasteiger partial charge is 0.483 e. The Morgan fingerprint density at radius 2 is 2.16 bits per heavy atom. The predicted molar refractivity (Wildman–Crippen MR) is 75.3 cm³/mol. The van der Waals surface area contributed by atoms with Crippen molar-refractivity contribution in [2.75, 3.05) is 19.8 Å². The number of benzene rings is 1. The van der Waals surface area contributed by atoms with Gasteiger partial charge in [0.2, 0.25) is 0 Å². The smallest absolute Gasteiger partial charge is 0.257 e. The average molecular weight is 265 g/mol. The Bertz CT molecular complexity index is 418. The molecule has 1 atom stereocenters. The zero-order valence-corrected chi connectivity index (χ0v) is 11.9. The van der Waals surface area contributed by atoms with E-state index < -0.39 is 0 Å². The molecule has 4 heteroatoms. The predicted octanol–water partition coefficient (Wildman–Crippen LogP) is 1.82. The molecule has 0 aliphatic rings. The monoisotopic (exact) mass is 265 g/mol. The lowest BCUT2D eigenvalue weighted by atomic mass is 10.1. The molecule has 1 rings (SSSR count). The van der Waals surface area contributed by atoms with E-state index in [-0.39, 0.29) is 25.0 Å². The number of carbonyl (C=O) groups is 1. The van der Waals surface area contributed by atoms with E-state index >= 15 is 0 Å². The van der Waals surface area contributed by atoms with Gasteiger partial charge in [-0.3, -0.25) is 4.79 Å². The summed E-state index contributed by atoms with van der Waals surface area (Å²) in [4.78, 5) is 11.6. The van der Waals surface area contributed by atoms with Crippen LogP contribution in [0.2, 0.25) is 0 Å². The van der Waals surface area contributed by atoms with Crippen molar-refractivity contribution < 1.29 is 14.6 Å². The standard InChI is InChI=1S/C15H23NO3/c1-11-4-5-13(3)14(8-11)19-10-15(18)16-9-12(2)6-7-17/h4-5,8,12,17H,6-7,9-10H2,1-3H3,(H,16,18). The van der Waals surface area contributed by atoms with E-state index in [0.29, 0.717) is 13.0 Å². The third-order valence-electron chi connectivity index (χ3n) is 2.97. The van der Waals surface area contributed by atoms with Gasteiger partial charge in [-0.05, 0) is 43.4 Å². The quantitative estimate of drug-likeness (QED) is 0.790. The summed E-state index contributed by atoms with van der Waals surface area (Å²) in [5.41, 5.74) is 2.13. The second-order valence-corrected chi connectivity index (χ2v) is 4.98. The fourth-order valence-electron chi connectivity index (χ4n) is 1.67. The number of aliphatic hydroxyl groups excluding tert-OH is 1. The number of hydrogen-bond acceptors (Lipinski definition) is 3. The maximum absolute atomic E-state index is 11.6. The van der Waals surface area contributed by atoms with Crippen molar-refractivity contribution in [3.8, 4) is 5.75 Å². The molecule has 0 heterocycles. The fourth-order valence-corrected chi connectivity index (χ4v) is 1.67. The molecule has 1 unspecified atom stereocenters. The van der Waals surface area contributed by atoms with Crippen molar-refractivity contribution in [1.82, 2.24) is 5.32 Å². The molecule has 1 aromatic rings. The average Bonchev–Trinajstić information content (AvgIpc) is 2.38. The maximum Gasteiger partial charge on any atom is 0.257 e. The van der Waals surface area contributed by atoms with E-state index in [4.69, 9.17) is 9.84 Å². The zero-order chi connectivity index (χ0) is 14.3. The highest BCUT2D eigenvalue weighted by Crippen LogP contribution is 2.18. The first-order valence-electron chi connectivity index (χ1n) is 6.60. The van der Waals surface area contributed by atoms with Crippen molar-refractivity contribution >= 4 is 5.91 Å². The topological polar surface area (TPSA) is 58.6 Å². The van der Waals surface area contributed by atoms with Crippen LogP contribution in [0.1, 0.15) is 24.5 Å². The van der Waals surface area contributed by atoms with Crippen LogP contribution in [-0.4, -0.2) is 30.8 Å². The summed E-state index contributed by atoms with van der Waals surface area (Å²) in [7, 11) is 0. The minimum Gasteiger partial charge on any atom is -0.483 e. The summed E-state index contributed by atoms with van der Waals surface area (Å²) in [6, 6.07) is 5.92. The number of aryl methyl sites for hydroxylation is 2. The third-order valence-corrected chi connectivity index (χ3v) is 2.97. The molecular weight excluding hydrogens is 242 g/mol. The lowest BCUT2D eigenvalue weighted by molar-refractivity contribution is -0.123. The normalized spacial score (nSPS) is 12.0. The lowest BCUT2D eigenvalue weighted by Gasteiger charge is -2.13. The molecule has 0 saturated carbocycles. The molecule has 4 nitrogen and oxygen atoms in total. The van der Waals surface area contributed by atoms with Crippen molar-refractivity contribution in [3.05, 3.63) is 29.3 Å². The Morgan fingerprint density at radius 3 is 2.84 bits per heavy atom. The Morgan fingerprint density at radius 1 is 1.42 bits per heavy atom. The molecule has 0 aromatic heterocycles. The highest BCUT2D eigenvalue weighted by molar-refractivity contribution is 5.77. The van der Waals surface area contributed by atoms with Gasteiger partial charge >= 0.3 is 0 Å². The summed E-state index contributed by atoms with van der Waals surface area (Å²) in [6.45, 7) is 6.67. The summed E-state index contributed by atoms with van der Waals surface area (Å²) < 4.78 is 5.51. The van der Waals surface area contributed by atoms with E-state index in [2.05, 4.69) is 5.32 Å². The molecule has 2 N–H and O–H groups in total. The fraction of sp³-hybridized carbons (Fsp3) is 0.533. The van der Waals surface area contributed by atoms with Crippen LogP contribution in [0.25, 0.3) is 0 Å². The van der Waals surface area contributed by atoms with E-state index in [1.807, 2.05) is 39.0 Å². The molecule has 0 aliphatic heterocycles. The van der Waals surface area contributed by atoms with Crippen LogP contribution in [0.5, 0.6) is 5.75 Å². The minimum atomic E-state index is -0.134. The van der Waals surface area contributed by atoms with Crippen LogP contribution in [0.4, 0.5) is 0 Å². The van der Waals surface area contributed by atoms with E-state index in [9.17, 15) is 4.79 Å². The summed E-state index contributed by atoms with van der Waals surface area (Å²) in [5, 5.41) is 11.6. The van der Waals surface area contributed by atoms with Gasteiger partial charge < -0.3 is 15.2 Å². The number of nitrogens with one attached hydrogen (secondary N) is 1. The van der Waals surface area contributed by atoms with Gasteiger partial charge in [-0.2, -0.15) is 0 Å². The summed E-state index contributed by atoms with van der Waals surface area (Å²) in [5.74, 6) is 0.888. The second-order valence-electron chi connectivity index (χ2n) is 4.98. The Kier molecular flexibility index (Phi) is 6.36. The first-order chi connectivity index (χ1) is 9.02. The van der Waals surface area contributed by atoms with Gasteiger partial charge in [-0.1, -0.05) is 19.1 Å². The molecule has 0 aliphatic carbocycles. The summed E-state index contributed by atoms with van der Waals surface area (Å²) >= 11 is 0. The number of amides is 1. The minimum absolute atomic E-state index is 0.0239. The number of carbonyl (C=O) groups excluding carboxylic acids is 1. The molecule has 1 aromatic carbocycles. The van der Waals surface area contributed by atoms with Crippen LogP contribution >= 0.6 is 0 Å². The van der Waals surface area contributed by atoms with Gasteiger partial charge in [-0.15, -0.1) is 0 Å². The van der Waals surface area contributed by atoms with E-state index in [0.717, 1.165) is 16.9 Å². The van der Waals surface area contributed by atoms with Gasteiger partial charge in [-0.25, -0.2) is 0 Å². The van der Waals surface area contributed by atoms with Crippen molar-refractivity contribution in [2.45, 2.75) is 27.2 Å². The van der Waals surface area contributed by atoms with E-state index in [1.165, 1.54) is 0 Å². The molecular formula is C15H23NO3. The van der Waals surface area contributed by atoms with Gasteiger partial charge in [0.15, 0.2) is 6.61 Å². The highest BCUT2D eigenvalue weighted by Gasteiger charge is 2.07. The molecule has 0 bridgehead atoms. The van der Waals surface area contributed by atoms with Gasteiger partial charge in [0.25, 0.3) is 5.91 Å². The first kappa shape index (κ1) is 15.5. The third kappa shape index (κ3) is 5.75. The van der Waals surface area contributed by atoms with E-state index in [1.54, 1.807) is 0 Å². The SMILES string of the molecule is Cc1ccc(C)c(OCC(=O)NCC(C)CCO)c1. The van der Waals surface area contributed by atoms with Crippen LogP contribution in [-0.2, 0) is 4.79 Å². The first-order valence-corrected chi connectivity index (χ1v) is 6.60. The van der Waals surface area contributed by atoms with Crippen LogP contribution < -0.4 is 10.1 Å². The zero-order valence-electron chi connectivity index (χ0n) is 11.9. The van der Waals surface area contributed by atoms with Crippen LogP contribution in [0, 0.1) is 19.8 Å². The molecule has 0 saturated heterocycles. The molecule has 106 valence electrons. The van der Waals surface area contributed by atoms with Crippen molar-refractivity contribution in [1.29, 1.82) is 0 Å². The van der Waals surface area contributed by atoms with Crippen LogP contribution in [0.15, 0.2) is 18.2 Å². The van der Waals surface area contributed by atoms with Crippen molar-refractivity contribution in [3.63, 3.8) is 0 Å². The molecule has 0 spiro atoms. The van der Waals surface area contributed by atoms with Crippen molar-refractivity contribution in [2.24, 2.45) is 5.92 Å². The lowest BCUT2D eigenvalue weighted by Crippen LogP contribution is -2.32. The van der Waals surface area contributed by atoms with Gasteiger partial charge in [0.05, 0.1) is 0 Å².